The number of aryl methyl sites for hydroxylation is 1. The van der Waals surface area contributed by atoms with Crippen molar-refractivity contribution < 1.29 is 9.90 Å². The molecule has 0 amide bonds. The molecule has 0 aliphatic heterocycles. The fourth-order valence-corrected chi connectivity index (χ4v) is 2.20. The van der Waals surface area contributed by atoms with E-state index >= 15 is 0 Å². The van der Waals surface area contributed by atoms with Crippen LogP contribution < -0.4 is 0 Å². The summed E-state index contributed by atoms with van der Waals surface area (Å²) in [4.78, 5) is 11.7. The SMILES string of the molecule is O=C(CCc1cccc(O)c1)c1ccsc1. The lowest BCUT2D eigenvalue weighted by Gasteiger charge is -2.00. The van der Waals surface area contributed by atoms with E-state index in [9.17, 15) is 9.90 Å². The van der Waals surface area contributed by atoms with E-state index in [4.69, 9.17) is 0 Å². The first-order valence-electron chi connectivity index (χ1n) is 5.09. The maximum atomic E-state index is 11.7. The molecule has 2 aromatic rings. The van der Waals surface area contributed by atoms with Crippen LogP contribution in [-0.2, 0) is 6.42 Å². The third-order valence-corrected chi connectivity index (χ3v) is 3.08. The molecule has 0 aliphatic carbocycles. The average Bonchev–Trinajstić information content (AvgIpc) is 2.79. The summed E-state index contributed by atoms with van der Waals surface area (Å²) in [5.41, 5.74) is 1.77. The quantitative estimate of drug-likeness (QED) is 0.821. The summed E-state index contributed by atoms with van der Waals surface area (Å²) in [5.74, 6) is 0.407. The summed E-state index contributed by atoms with van der Waals surface area (Å²) in [6.45, 7) is 0. The maximum Gasteiger partial charge on any atom is 0.164 e. The molecule has 0 saturated carbocycles. The first kappa shape index (κ1) is 10.9. The van der Waals surface area contributed by atoms with Crippen LogP contribution in [0.2, 0.25) is 0 Å². The lowest BCUT2D eigenvalue weighted by Crippen LogP contribution is -1.99. The van der Waals surface area contributed by atoms with Gasteiger partial charge in [-0.2, -0.15) is 11.3 Å². The van der Waals surface area contributed by atoms with E-state index in [1.807, 2.05) is 22.9 Å². The highest BCUT2D eigenvalue weighted by Gasteiger charge is 2.06. The molecule has 0 fully saturated rings. The molecule has 3 heteroatoms. The lowest BCUT2D eigenvalue weighted by atomic mass is 10.0. The number of rotatable bonds is 4. The number of hydrogen-bond donors (Lipinski definition) is 1. The van der Waals surface area contributed by atoms with Gasteiger partial charge in [0.25, 0.3) is 0 Å². The van der Waals surface area contributed by atoms with Crippen LogP contribution in [-0.4, -0.2) is 10.9 Å². The van der Waals surface area contributed by atoms with Crippen molar-refractivity contribution in [2.24, 2.45) is 0 Å². The van der Waals surface area contributed by atoms with Crippen LogP contribution >= 0.6 is 11.3 Å². The summed E-state index contributed by atoms with van der Waals surface area (Å²) >= 11 is 1.53. The highest BCUT2D eigenvalue weighted by Crippen LogP contribution is 2.15. The predicted molar refractivity (Wildman–Crippen MR) is 65.1 cm³/mol. The molecule has 0 aliphatic rings. The summed E-state index contributed by atoms with van der Waals surface area (Å²) in [6.07, 6.45) is 1.16. The molecule has 82 valence electrons. The largest absolute Gasteiger partial charge is 0.508 e. The zero-order chi connectivity index (χ0) is 11.4. The normalized spacial score (nSPS) is 10.2. The van der Waals surface area contributed by atoms with Gasteiger partial charge in [0, 0.05) is 17.4 Å². The molecule has 0 spiro atoms. The van der Waals surface area contributed by atoms with Crippen molar-refractivity contribution in [2.45, 2.75) is 12.8 Å². The summed E-state index contributed by atoms with van der Waals surface area (Å²) in [7, 11) is 0. The van der Waals surface area contributed by atoms with Crippen LogP contribution in [0.4, 0.5) is 0 Å². The van der Waals surface area contributed by atoms with Gasteiger partial charge < -0.3 is 5.11 Å². The summed E-state index contributed by atoms with van der Waals surface area (Å²) in [6, 6.07) is 8.88. The Morgan fingerprint density at radius 1 is 1.31 bits per heavy atom. The minimum atomic E-state index is 0.157. The van der Waals surface area contributed by atoms with Gasteiger partial charge in [0.1, 0.15) is 5.75 Å². The molecule has 2 nitrogen and oxygen atoms in total. The summed E-state index contributed by atoms with van der Waals surface area (Å²) in [5, 5.41) is 13.0. The monoisotopic (exact) mass is 232 g/mol. The number of benzene rings is 1. The van der Waals surface area contributed by atoms with Crippen molar-refractivity contribution in [3.8, 4) is 5.75 Å². The van der Waals surface area contributed by atoms with Crippen LogP contribution in [0.3, 0.4) is 0 Å². The van der Waals surface area contributed by atoms with Gasteiger partial charge in [-0.25, -0.2) is 0 Å². The Morgan fingerprint density at radius 2 is 2.19 bits per heavy atom. The van der Waals surface area contributed by atoms with E-state index in [2.05, 4.69) is 0 Å². The van der Waals surface area contributed by atoms with E-state index in [1.165, 1.54) is 11.3 Å². The first-order chi connectivity index (χ1) is 7.75. The highest BCUT2D eigenvalue weighted by molar-refractivity contribution is 7.08. The van der Waals surface area contributed by atoms with Gasteiger partial charge in [0.15, 0.2) is 5.78 Å². The van der Waals surface area contributed by atoms with Crippen molar-refractivity contribution in [3.05, 3.63) is 52.2 Å². The number of phenols is 1. The van der Waals surface area contributed by atoms with E-state index < -0.39 is 0 Å². The van der Waals surface area contributed by atoms with Crippen molar-refractivity contribution in [1.82, 2.24) is 0 Å². The fourth-order valence-electron chi connectivity index (χ4n) is 1.54. The van der Waals surface area contributed by atoms with Crippen molar-refractivity contribution in [2.75, 3.05) is 0 Å². The van der Waals surface area contributed by atoms with Crippen LogP contribution in [0.1, 0.15) is 22.3 Å². The molecule has 16 heavy (non-hydrogen) atoms. The minimum absolute atomic E-state index is 0.157. The predicted octanol–water partition coefficient (Wildman–Crippen LogP) is 3.27. The molecule has 0 bridgehead atoms. The van der Waals surface area contributed by atoms with Crippen molar-refractivity contribution in [3.63, 3.8) is 0 Å². The third kappa shape index (κ3) is 2.70. The van der Waals surface area contributed by atoms with Gasteiger partial charge >= 0.3 is 0 Å². The molecule has 1 N–H and O–H groups in total. The second kappa shape index (κ2) is 4.94. The molecule has 1 aromatic heterocycles. The standard InChI is InChI=1S/C13H12O2S/c14-12-3-1-2-10(8-12)4-5-13(15)11-6-7-16-9-11/h1-3,6-9,14H,4-5H2. The number of Topliss-reactive ketones (excluding diaryl/α,β-unsaturated/α-hetero) is 1. The van der Waals surface area contributed by atoms with Crippen molar-refractivity contribution in [1.29, 1.82) is 0 Å². The maximum absolute atomic E-state index is 11.7. The average molecular weight is 232 g/mol. The van der Waals surface area contributed by atoms with Gasteiger partial charge in [0.2, 0.25) is 0 Å². The Hall–Kier alpha value is -1.61. The number of aromatic hydroxyl groups is 1. The Labute approximate surface area is 98.2 Å². The van der Waals surface area contributed by atoms with E-state index in [1.54, 1.807) is 18.2 Å². The number of phenolic OH excluding ortho intramolecular Hbond substituents is 1. The minimum Gasteiger partial charge on any atom is -0.508 e. The molecular formula is C13H12O2S. The van der Waals surface area contributed by atoms with Crippen LogP contribution in [0, 0.1) is 0 Å². The number of ketones is 1. The van der Waals surface area contributed by atoms with Gasteiger partial charge in [-0.05, 0) is 35.6 Å². The molecule has 2 rings (SSSR count). The molecule has 0 radical (unpaired) electrons. The molecule has 1 aromatic carbocycles. The third-order valence-electron chi connectivity index (χ3n) is 2.39. The second-order valence-electron chi connectivity index (χ2n) is 3.61. The Bertz CT molecular complexity index is 474. The topological polar surface area (TPSA) is 37.3 Å². The first-order valence-corrected chi connectivity index (χ1v) is 6.03. The molecule has 1 heterocycles. The van der Waals surface area contributed by atoms with E-state index in [0.29, 0.717) is 12.8 Å². The number of carbonyl (C=O) groups is 1. The molecule has 0 unspecified atom stereocenters. The highest BCUT2D eigenvalue weighted by atomic mass is 32.1. The number of hydrogen-bond acceptors (Lipinski definition) is 3. The van der Waals surface area contributed by atoms with Gasteiger partial charge in [-0.3, -0.25) is 4.79 Å². The van der Waals surface area contributed by atoms with Gasteiger partial charge in [-0.15, -0.1) is 0 Å². The van der Waals surface area contributed by atoms with Crippen molar-refractivity contribution >= 4 is 17.1 Å². The Balaban J connectivity index is 1.95. The Morgan fingerprint density at radius 3 is 2.88 bits per heavy atom. The fraction of sp³-hybridized carbons (Fsp3) is 0.154. The molecular weight excluding hydrogens is 220 g/mol. The summed E-state index contributed by atoms with van der Waals surface area (Å²) < 4.78 is 0. The zero-order valence-corrected chi connectivity index (χ0v) is 9.54. The second-order valence-corrected chi connectivity index (χ2v) is 4.39. The van der Waals surface area contributed by atoms with Crippen LogP contribution in [0.5, 0.6) is 5.75 Å². The Kier molecular flexibility index (Phi) is 3.37. The zero-order valence-electron chi connectivity index (χ0n) is 8.72. The van der Waals surface area contributed by atoms with Crippen LogP contribution in [0.15, 0.2) is 41.1 Å². The number of carbonyl (C=O) groups excluding carboxylic acids is 1. The number of thiophene rings is 1. The lowest BCUT2D eigenvalue weighted by molar-refractivity contribution is 0.0983. The molecule has 0 saturated heterocycles. The van der Waals surface area contributed by atoms with E-state index in [0.717, 1.165) is 11.1 Å². The van der Waals surface area contributed by atoms with Gasteiger partial charge in [0.05, 0.1) is 0 Å². The van der Waals surface area contributed by atoms with Crippen LogP contribution in [0.25, 0.3) is 0 Å². The van der Waals surface area contributed by atoms with E-state index in [-0.39, 0.29) is 11.5 Å². The smallest absolute Gasteiger partial charge is 0.164 e. The molecule has 0 atom stereocenters. The van der Waals surface area contributed by atoms with Gasteiger partial charge in [-0.1, -0.05) is 12.1 Å².